The molecule has 3 rings (SSSR count). The number of thioether (sulfide) groups is 1. The molecular weight excluding hydrogens is 252 g/mol. The molecule has 0 amide bonds. The molecule has 1 aliphatic rings. The number of fused-ring (bicyclic) bond motifs is 1. The van der Waals surface area contributed by atoms with Crippen LogP contribution in [0.25, 0.3) is 0 Å². The van der Waals surface area contributed by atoms with E-state index in [1.807, 2.05) is 24.5 Å². The van der Waals surface area contributed by atoms with Crippen molar-refractivity contribution in [3.8, 4) is 11.5 Å². The lowest BCUT2D eigenvalue weighted by Crippen LogP contribution is -2.03. The molecular formula is C11H12N4O2S. The van der Waals surface area contributed by atoms with Gasteiger partial charge in [0.1, 0.15) is 0 Å². The molecule has 2 aromatic rings. The highest BCUT2D eigenvalue weighted by atomic mass is 32.2. The second-order valence-corrected chi connectivity index (χ2v) is 4.58. The summed E-state index contributed by atoms with van der Waals surface area (Å²) in [5.41, 5.74) is 6.67. The molecule has 0 saturated carbocycles. The average molecular weight is 264 g/mol. The van der Waals surface area contributed by atoms with Crippen molar-refractivity contribution >= 4 is 17.7 Å². The fourth-order valence-electron chi connectivity index (χ4n) is 1.81. The Kier molecular flexibility index (Phi) is 2.75. The summed E-state index contributed by atoms with van der Waals surface area (Å²) >= 11 is 1.51. The highest BCUT2D eigenvalue weighted by Gasteiger charge is 2.14. The first kappa shape index (κ1) is 11.2. The summed E-state index contributed by atoms with van der Waals surface area (Å²) < 4.78 is 12.4. The predicted molar refractivity (Wildman–Crippen MR) is 67.9 cm³/mol. The van der Waals surface area contributed by atoms with E-state index in [-0.39, 0.29) is 6.79 Å². The summed E-state index contributed by atoms with van der Waals surface area (Å²) in [7, 11) is 0. The average Bonchev–Trinajstić information content (AvgIpc) is 2.95. The van der Waals surface area contributed by atoms with Crippen LogP contribution in [0.1, 0.15) is 5.56 Å². The van der Waals surface area contributed by atoms with Crippen molar-refractivity contribution in [3.63, 3.8) is 0 Å². The van der Waals surface area contributed by atoms with Gasteiger partial charge in [0, 0.05) is 0 Å². The molecule has 1 aliphatic heterocycles. The van der Waals surface area contributed by atoms with Crippen molar-refractivity contribution < 1.29 is 9.47 Å². The highest BCUT2D eigenvalue weighted by molar-refractivity contribution is 7.98. The summed E-state index contributed by atoms with van der Waals surface area (Å²) in [6.45, 7) is 0.891. The normalized spacial score (nSPS) is 12.9. The predicted octanol–water partition coefficient (Wildman–Crippen LogP) is 1.36. The van der Waals surface area contributed by atoms with Crippen molar-refractivity contribution in [1.82, 2.24) is 14.8 Å². The van der Waals surface area contributed by atoms with Crippen molar-refractivity contribution in [2.75, 3.05) is 18.8 Å². The zero-order chi connectivity index (χ0) is 12.5. The molecule has 18 heavy (non-hydrogen) atoms. The molecule has 0 radical (unpaired) electrons. The highest BCUT2D eigenvalue weighted by Crippen LogP contribution is 2.32. The van der Waals surface area contributed by atoms with Gasteiger partial charge in [-0.2, -0.15) is 4.98 Å². The molecule has 0 saturated heterocycles. The molecule has 0 spiro atoms. The van der Waals surface area contributed by atoms with E-state index < -0.39 is 0 Å². The number of hydrogen-bond donors (Lipinski definition) is 1. The first-order valence-electron chi connectivity index (χ1n) is 5.39. The summed E-state index contributed by atoms with van der Waals surface area (Å²) in [6, 6.07) is 5.83. The van der Waals surface area contributed by atoms with Crippen LogP contribution >= 0.6 is 11.8 Å². The van der Waals surface area contributed by atoms with E-state index in [1.54, 1.807) is 4.68 Å². The fraction of sp³-hybridized carbons (Fsp3) is 0.273. The van der Waals surface area contributed by atoms with Crippen LogP contribution in [-0.2, 0) is 6.54 Å². The molecule has 6 nitrogen and oxygen atoms in total. The third-order valence-corrected chi connectivity index (χ3v) is 3.27. The van der Waals surface area contributed by atoms with E-state index in [4.69, 9.17) is 15.2 Å². The maximum Gasteiger partial charge on any atom is 0.240 e. The smallest absolute Gasteiger partial charge is 0.240 e. The molecule has 2 heterocycles. The first-order chi connectivity index (χ1) is 8.76. The van der Waals surface area contributed by atoms with Gasteiger partial charge >= 0.3 is 0 Å². The lowest BCUT2D eigenvalue weighted by Gasteiger charge is -2.05. The van der Waals surface area contributed by atoms with Crippen LogP contribution in [0.5, 0.6) is 11.5 Å². The Hall–Kier alpha value is -1.89. The van der Waals surface area contributed by atoms with Crippen LogP contribution in [0.15, 0.2) is 23.4 Å². The topological polar surface area (TPSA) is 75.2 Å². The van der Waals surface area contributed by atoms with Crippen LogP contribution in [0, 0.1) is 0 Å². The monoisotopic (exact) mass is 264 g/mol. The van der Waals surface area contributed by atoms with Crippen LogP contribution in [0.2, 0.25) is 0 Å². The molecule has 1 aromatic carbocycles. The summed E-state index contributed by atoms with van der Waals surface area (Å²) in [5, 5.41) is 4.96. The Morgan fingerprint density at radius 1 is 1.39 bits per heavy atom. The lowest BCUT2D eigenvalue weighted by molar-refractivity contribution is 0.174. The Balaban J connectivity index is 1.87. The van der Waals surface area contributed by atoms with Gasteiger partial charge in [0.25, 0.3) is 0 Å². The van der Waals surface area contributed by atoms with Crippen LogP contribution in [0.4, 0.5) is 5.95 Å². The van der Waals surface area contributed by atoms with Crippen LogP contribution in [-0.4, -0.2) is 27.8 Å². The van der Waals surface area contributed by atoms with Crippen LogP contribution < -0.4 is 15.2 Å². The molecule has 1 aromatic heterocycles. The number of ether oxygens (including phenoxy) is 2. The van der Waals surface area contributed by atoms with E-state index in [0.29, 0.717) is 12.5 Å². The van der Waals surface area contributed by atoms with E-state index in [0.717, 1.165) is 22.2 Å². The fourth-order valence-corrected chi connectivity index (χ4v) is 2.31. The van der Waals surface area contributed by atoms with Crippen molar-refractivity contribution in [2.24, 2.45) is 0 Å². The Morgan fingerprint density at radius 3 is 3.06 bits per heavy atom. The second-order valence-electron chi connectivity index (χ2n) is 3.80. The minimum atomic E-state index is 0.283. The number of anilines is 1. The SMILES string of the molecule is CSc1nc(N)nn1Cc1ccc2c(c1)OCO2. The number of nitrogens with two attached hydrogens (primary N) is 1. The Labute approximate surface area is 108 Å². The van der Waals surface area contributed by atoms with Gasteiger partial charge in [0.15, 0.2) is 16.7 Å². The third kappa shape index (κ3) is 1.97. The van der Waals surface area contributed by atoms with Gasteiger partial charge in [-0.3, -0.25) is 0 Å². The first-order valence-corrected chi connectivity index (χ1v) is 6.61. The van der Waals surface area contributed by atoms with Gasteiger partial charge in [0.05, 0.1) is 6.54 Å². The number of nitrogens with zero attached hydrogens (tertiary/aromatic N) is 3. The summed E-state index contributed by atoms with van der Waals surface area (Å²) in [5.74, 6) is 1.84. The van der Waals surface area contributed by atoms with E-state index in [2.05, 4.69) is 10.1 Å². The Bertz CT molecular complexity index is 584. The van der Waals surface area contributed by atoms with Gasteiger partial charge in [0.2, 0.25) is 12.7 Å². The van der Waals surface area contributed by atoms with E-state index >= 15 is 0 Å². The number of benzene rings is 1. The molecule has 0 fully saturated rings. The molecule has 0 unspecified atom stereocenters. The molecule has 0 atom stereocenters. The zero-order valence-electron chi connectivity index (χ0n) is 9.79. The minimum Gasteiger partial charge on any atom is -0.454 e. The lowest BCUT2D eigenvalue weighted by atomic mass is 10.2. The molecule has 2 N–H and O–H groups in total. The van der Waals surface area contributed by atoms with Gasteiger partial charge in [-0.1, -0.05) is 17.8 Å². The maximum absolute atomic E-state index is 5.60. The molecule has 0 bridgehead atoms. The van der Waals surface area contributed by atoms with E-state index in [1.165, 1.54) is 11.8 Å². The summed E-state index contributed by atoms with van der Waals surface area (Å²) in [4.78, 5) is 4.13. The summed E-state index contributed by atoms with van der Waals surface area (Å²) in [6.07, 6.45) is 1.94. The number of hydrogen-bond acceptors (Lipinski definition) is 6. The zero-order valence-corrected chi connectivity index (χ0v) is 10.6. The minimum absolute atomic E-state index is 0.283. The van der Waals surface area contributed by atoms with Gasteiger partial charge < -0.3 is 15.2 Å². The number of aromatic nitrogens is 3. The van der Waals surface area contributed by atoms with Gasteiger partial charge in [-0.15, -0.1) is 5.10 Å². The van der Waals surface area contributed by atoms with Crippen molar-refractivity contribution in [1.29, 1.82) is 0 Å². The quantitative estimate of drug-likeness (QED) is 0.844. The van der Waals surface area contributed by atoms with Crippen molar-refractivity contribution in [2.45, 2.75) is 11.7 Å². The molecule has 7 heteroatoms. The van der Waals surface area contributed by atoms with Gasteiger partial charge in [-0.05, 0) is 24.0 Å². The number of nitrogen functional groups attached to an aromatic ring is 1. The largest absolute Gasteiger partial charge is 0.454 e. The number of rotatable bonds is 3. The van der Waals surface area contributed by atoms with E-state index in [9.17, 15) is 0 Å². The third-order valence-electron chi connectivity index (χ3n) is 2.61. The van der Waals surface area contributed by atoms with Crippen LogP contribution in [0.3, 0.4) is 0 Å². The van der Waals surface area contributed by atoms with Gasteiger partial charge in [-0.25, -0.2) is 4.68 Å². The molecule has 0 aliphatic carbocycles. The Morgan fingerprint density at radius 2 is 2.22 bits per heavy atom. The molecule has 94 valence electrons. The standard InChI is InChI=1S/C11H12N4O2S/c1-18-11-13-10(12)14-15(11)5-7-2-3-8-9(4-7)17-6-16-8/h2-4H,5-6H2,1H3,(H2,12,14). The maximum atomic E-state index is 5.60. The van der Waals surface area contributed by atoms with Crippen molar-refractivity contribution in [3.05, 3.63) is 23.8 Å². The second kappa shape index (κ2) is 4.41.